The van der Waals surface area contributed by atoms with E-state index in [1.807, 2.05) is 0 Å². The number of rotatable bonds is 3. The Kier molecular flexibility index (Phi) is 3.08. The van der Waals surface area contributed by atoms with Gasteiger partial charge in [0.05, 0.1) is 28.4 Å². The molecule has 2 aromatic rings. The van der Waals surface area contributed by atoms with Crippen LogP contribution in [0.1, 0.15) is 5.56 Å². The molecule has 88 valence electrons. The zero-order chi connectivity index (χ0) is 12.4. The van der Waals surface area contributed by atoms with Gasteiger partial charge in [-0.2, -0.15) is 5.10 Å². The first-order chi connectivity index (χ1) is 8.11. The van der Waals surface area contributed by atoms with Gasteiger partial charge in [0.15, 0.2) is 0 Å². The molecule has 1 heterocycles. The zero-order valence-electron chi connectivity index (χ0n) is 8.58. The van der Waals surface area contributed by atoms with Gasteiger partial charge in [-0.25, -0.2) is 4.68 Å². The van der Waals surface area contributed by atoms with Gasteiger partial charge < -0.3 is 5.11 Å². The number of nitrogens with zero attached hydrogens (tertiary/aromatic N) is 3. The lowest BCUT2D eigenvalue weighted by molar-refractivity contribution is -0.384. The molecule has 0 saturated heterocycles. The smallest absolute Gasteiger partial charge is 0.269 e. The predicted octanol–water partition coefficient (Wildman–Crippen LogP) is 1.93. The van der Waals surface area contributed by atoms with Gasteiger partial charge in [-0.05, 0) is 6.07 Å². The van der Waals surface area contributed by atoms with Crippen LogP contribution < -0.4 is 0 Å². The molecule has 0 radical (unpaired) electrons. The molecular formula is C10H8ClN3O3. The first-order valence-corrected chi connectivity index (χ1v) is 5.08. The number of nitro groups is 1. The Labute approximate surface area is 101 Å². The van der Waals surface area contributed by atoms with Gasteiger partial charge in [0, 0.05) is 23.9 Å². The van der Waals surface area contributed by atoms with E-state index < -0.39 is 4.92 Å². The van der Waals surface area contributed by atoms with Crippen molar-refractivity contribution in [2.24, 2.45) is 0 Å². The number of benzene rings is 1. The SMILES string of the molecule is O=[N+]([O-])c1ccc(-n2cc(Cl)cn2)c(CO)c1. The number of halogens is 1. The van der Waals surface area contributed by atoms with Crippen LogP contribution in [0.4, 0.5) is 5.69 Å². The summed E-state index contributed by atoms with van der Waals surface area (Å²) in [4.78, 5) is 10.1. The molecule has 1 aromatic carbocycles. The largest absolute Gasteiger partial charge is 0.392 e. The highest BCUT2D eigenvalue weighted by Crippen LogP contribution is 2.21. The summed E-state index contributed by atoms with van der Waals surface area (Å²) in [6, 6.07) is 4.18. The second-order valence-corrected chi connectivity index (χ2v) is 3.77. The summed E-state index contributed by atoms with van der Waals surface area (Å²) in [5.41, 5.74) is 0.903. The third-order valence-electron chi connectivity index (χ3n) is 2.24. The van der Waals surface area contributed by atoms with Crippen molar-refractivity contribution in [1.29, 1.82) is 0 Å². The highest BCUT2D eigenvalue weighted by molar-refractivity contribution is 6.30. The number of aliphatic hydroxyl groups is 1. The maximum atomic E-state index is 10.6. The summed E-state index contributed by atoms with van der Waals surface area (Å²) < 4.78 is 1.46. The molecule has 0 atom stereocenters. The molecule has 0 unspecified atom stereocenters. The molecule has 7 heteroatoms. The molecule has 0 aliphatic heterocycles. The Morgan fingerprint density at radius 2 is 2.29 bits per heavy atom. The van der Waals surface area contributed by atoms with E-state index in [-0.39, 0.29) is 12.3 Å². The van der Waals surface area contributed by atoms with E-state index in [1.165, 1.54) is 29.1 Å². The number of aromatic nitrogens is 2. The molecule has 0 saturated carbocycles. The maximum absolute atomic E-state index is 10.6. The van der Waals surface area contributed by atoms with Crippen molar-refractivity contribution in [3.05, 3.63) is 51.3 Å². The molecular weight excluding hydrogens is 246 g/mol. The predicted molar refractivity (Wildman–Crippen MR) is 61.2 cm³/mol. The summed E-state index contributed by atoms with van der Waals surface area (Å²) in [7, 11) is 0. The summed E-state index contributed by atoms with van der Waals surface area (Å²) >= 11 is 5.73. The molecule has 6 nitrogen and oxygen atoms in total. The lowest BCUT2D eigenvalue weighted by Crippen LogP contribution is -2.01. The van der Waals surface area contributed by atoms with Crippen LogP contribution in [0.2, 0.25) is 5.02 Å². The topological polar surface area (TPSA) is 81.2 Å². The molecule has 0 amide bonds. The van der Waals surface area contributed by atoms with Gasteiger partial charge in [0.25, 0.3) is 5.69 Å². The second kappa shape index (κ2) is 4.52. The molecule has 0 fully saturated rings. The Balaban J connectivity index is 2.51. The van der Waals surface area contributed by atoms with E-state index >= 15 is 0 Å². The fraction of sp³-hybridized carbons (Fsp3) is 0.100. The van der Waals surface area contributed by atoms with Gasteiger partial charge in [-0.3, -0.25) is 10.1 Å². The van der Waals surface area contributed by atoms with E-state index in [0.29, 0.717) is 16.3 Å². The molecule has 1 aromatic heterocycles. The van der Waals surface area contributed by atoms with Crippen molar-refractivity contribution in [2.45, 2.75) is 6.61 Å². The van der Waals surface area contributed by atoms with Crippen LogP contribution in [0.15, 0.2) is 30.6 Å². The maximum Gasteiger partial charge on any atom is 0.269 e. The van der Waals surface area contributed by atoms with Gasteiger partial charge >= 0.3 is 0 Å². The van der Waals surface area contributed by atoms with Crippen molar-refractivity contribution in [3.63, 3.8) is 0 Å². The normalized spacial score (nSPS) is 10.5. The van der Waals surface area contributed by atoms with E-state index in [1.54, 1.807) is 6.20 Å². The summed E-state index contributed by atoms with van der Waals surface area (Å²) in [5.74, 6) is 0. The zero-order valence-corrected chi connectivity index (χ0v) is 9.33. The highest BCUT2D eigenvalue weighted by atomic mass is 35.5. The van der Waals surface area contributed by atoms with Crippen LogP contribution in [0, 0.1) is 10.1 Å². The van der Waals surface area contributed by atoms with Gasteiger partial charge in [-0.1, -0.05) is 11.6 Å². The van der Waals surface area contributed by atoms with Crippen molar-refractivity contribution >= 4 is 17.3 Å². The summed E-state index contributed by atoms with van der Waals surface area (Å²) in [6.45, 7) is -0.311. The van der Waals surface area contributed by atoms with Gasteiger partial charge in [0.2, 0.25) is 0 Å². The standard InChI is InChI=1S/C10H8ClN3O3/c11-8-4-12-13(5-8)10-2-1-9(14(16)17)3-7(10)6-15/h1-5,15H,6H2. The summed E-state index contributed by atoms with van der Waals surface area (Å²) in [5, 5.41) is 24.2. The van der Waals surface area contributed by atoms with Crippen molar-refractivity contribution in [1.82, 2.24) is 9.78 Å². The van der Waals surface area contributed by atoms with Crippen LogP contribution in [0.25, 0.3) is 5.69 Å². The number of hydrogen-bond acceptors (Lipinski definition) is 4. The monoisotopic (exact) mass is 253 g/mol. The first-order valence-electron chi connectivity index (χ1n) is 4.70. The van der Waals surface area contributed by atoms with Crippen LogP contribution in [0.3, 0.4) is 0 Å². The number of non-ortho nitro benzene ring substituents is 1. The Morgan fingerprint density at radius 1 is 1.53 bits per heavy atom. The van der Waals surface area contributed by atoms with E-state index in [0.717, 1.165) is 0 Å². The Hall–Kier alpha value is -1.92. The number of hydrogen-bond donors (Lipinski definition) is 1. The summed E-state index contributed by atoms with van der Waals surface area (Å²) in [6.07, 6.45) is 3.01. The van der Waals surface area contributed by atoms with Crippen molar-refractivity contribution < 1.29 is 10.0 Å². The molecule has 0 aliphatic rings. The van der Waals surface area contributed by atoms with Crippen LogP contribution in [0.5, 0.6) is 0 Å². The third kappa shape index (κ3) is 2.27. The molecule has 0 spiro atoms. The highest BCUT2D eigenvalue weighted by Gasteiger charge is 2.12. The third-order valence-corrected chi connectivity index (χ3v) is 2.44. The lowest BCUT2D eigenvalue weighted by atomic mass is 10.1. The average molecular weight is 254 g/mol. The number of aliphatic hydroxyl groups excluding tert-OH is 1. The van der Waals surface area contributed by atoms with E-state index in [2.05, 4.69) is 5.10 Å². The minimum absolute atomic E-state index is 0.0731. The van der Waals surface area contributed by atoms with Crippen molar-refractivity contribution in [2.75, 3.05) is 0 Å². The molecule has 0 aliphatic carbocycles. The molecule has 17 heavy (non-hydrogen) atoms. The molecule has 1 N–H and O–H groups in total. The minimum Gasteiger partial charge on any atom is -0.392 e. The molecule has 0 bridgehead atoms. The fourth-order valence-electron chi connectivity index (χ4n) is 1.47. The Bertz CT molecular complexity index is 568. The van der Waals surface area contributed by atoms with Gasteiger partial charge in [-0.15, -0.1) is 0 Å². The van der Waals surface area contributed by atoms with E-state index in [9.17, 15) is 15.2 Å². The van der Waals surface area contributed by atoms with Crippen LogP contribution >= 0.6 is 11.6 Å². The average Bonchev–Trinajstić information content (AvgIpc) is 2.74. The van der Waals surface area contributed by atoms with Crippen LogP contribution in [-0.4, -0.2) is 19.8 Å². The molecule has 2 rings (SSSR count). The quantitative estimate of drug-likeness (QED) is 0.669. The van der Waals surface area contributed by atoms with Crippen molar-refractivity contribution in [3.8, 4) is 5.69 Å². The van der Waals surface area contributed by atoms with Crippen LogP contribution in [-0.2, 0) is 6.61 Å². The Morgan fingerprint density at radius 3 is 2.82 bits per heavy atom. The minimum atomic E-state index is -0.515. The lowest BCUT2D eigenvalue weighted by Gasteiger charge is -2.06. The first kappa shape index (κ1) is 11.6. The van der Waals surface area contributed by atoms with E-state index in [4.69, 9.17) is 11.6 Å². The van der Waals surface area contributed by atoms with Gasteiger partial charge in [0.1, 0.15) is 0 Å². The fourth-order valence-corrected chi connectivity index (χ4v) is 1.60. The number of nitro benzene ring substituents is 1. The second-order valence-electron chi connectivity index (χ2n) is 3.33.